The molecule has 0 radical (unpaired) electrons. The molecule has 0 saturated carbocycles. The number of anilines is 2. The molecule has 1 aliphatic heterocycles. The van der Waals surface area contributed by atoms with Crippen LogP contribution in [0.3, 0.4) is 0 Å². The summed E-state index contributed by atoms with van der Waals surface area (Å²) in [5.74, 6) is 1.24. The molecule has 2 nitrogen and oxygen atoms in total. The molecule has 5 heteroatoms. The van der Waals surface area contributed by atoms with Crippen molar-refractivity contribution in [2.75, 3.05) is 42.8 Å². The second kappa shape index (κ2) is 9.30. The summed E-state index contributed by atoms with van der Waals surface area (Å²) in [5.41, 5.74) is 2.59. The molecule has 0 atom stereocenters. The van der Waals surface area contributed by atoms with Crippen molar-refractivity contribution in [3.63, 3.8) is 0 Å². The summed E-state index contributed by atoms with van der Waals surface area (Å²) in [5, 5.41) is 5.16. The van der Waals surface area contributed by atoms with Gasteiger partial charge in [0.05, 0.1) is 11.4 Å². The van der Waals surface area contributed by atoms with Gasteiger partial charge in [0.25, 0.3) is 0 Å². The zero-order valence-electron chi connectivity index (χ0n) is 17.2. The van der Waals surface area contributed by atoms with E-state index in [0.29, 0.717) is 11.8 Å². The fourth-order valence-corrected chi connectivity index (χ4v) is 6.16. The smallest absolute Gasteiger partial charge is 0.0632 e. The molecule has 0 spiro atoms. The Morgan fingerprint density at radius 3 is 2.10 bits per heavy atom. The Kier molecular flexibility index (Phi) is 6.29. The van der Waals surface area contributed by atoms with Gasteiger partial charge in [-0.15, -0.1) is 23.2 Å². The predicted octanol–water partition coefficient (Wildman–Crippen LogP) is 7.38. The van der Waals surface area contributed by atoms with Crippen molar-refractivity contribution in [2.24, 2.45) is 0 Å². The van der Waals surface area contributed by atoms with E-state index in [0.717, 1.165) is 26.2 Å². The first-order valence-electron chi connectivity index (χ1n) is 10.6. The predicted molar refractivity (Wildman–Crippen MR) is 137 cm³/mol. The molecule has 0 unspecified atom stereocenters. The summed E-state index contributed by atoms with van der Waals surface area (Å²) in [6.45, 7) is 3.51. The minimum Gasteiger partial charge on any atom is -0.338 e. The van der Waals surface area contributed by atoms with Crippen molar-refractivity contribution in [2.45, 2.75) is 9.79 Å². The molecule has 0 N–H and O–H groups in total. The normalized spacial score (nSPS) is 13.1. The SMILES string of the molecule is ClCCN(CCCl)CCN1c2ccc3ccccc3c2Sc2ccc3ccccc3c21. The maximum Gasteiger partial charge on any atom is 0.0632 e. The van der Waals surface area contributed by atoms with Gasteiger partial charge >= 0.3 is 0 Å². The van der Waals surface area contributed by atoms with E-state index >= 15 is 0 Å². The molecule has 0 aromatic heterocycles. The Balaban J connectivity index is 1.64. The zero-order chi connectivity index (χ0) is 21.2. The minimum absolute atomic E-state index is 0.619. The van der Waals surface area contributed by atoms with Crippen molar-refractivity contribution in [3.8, 4) is 0 Å². The van der Waals surface area contributed by atoms with E-state index in [1.165, 1.54) is 42.7 Å². The van der Waals surface area contributed by atoms with Crippen LogP contribution in [0.5, 0.6) is 0 Å². The van der Waals surface area contributed by atoms with Crippen molar-refractivity contribution in [1.82, 2.24) is 4.90 Å². The molecule has 0 fully saturated rings. The van der Waals surface area contributed by atoms with Gasteiger partial charge in [0.1, 0.15) is 0 Å². The standard InChI is InChI=1S/C26H24Cl2N2S/c27-13-15-29(16-14-28)17-18-30-23-11-9-20-6-2-4-8-22(20)26(23)31-24-12-10-19-5-1-3-7-21(19)25(24)30/h1-12H,13-18H2. The maximum absolute atomic E-state index is 6.06. The molecular formula is C26H24Cl2N2S. The summed E-state index contributed by atoms with van der Waals surface area (Å²) < 4.78 is 0. The zero-order valence-corrected chi connectivity index (χ0v) is 19.6. The maximum atomic E-state index is 6.06. The van der Waals surface area contributed by atoms with Crippen LogP contribution in [-0.4, -0.2) is 42.8 Å². The van der Waals surface area contributed by atoms with Gasteiger partial charge in [-0.05, 0) is 28.3 Å². The number of halogens is 2. The largest absolute Gasteiger partial charge is 0.338 e. The summed E-state index contributed by atoms with van der Waals surface area (Å²) in [4.78, 5) is 7.50. The lowest BCUT2D eigenvalue weighted by molar-refractivity contribution is 0.315. The Bertz CT molecular complexity index is 1220. The highest BCUT2D eigenvalue weighted by molar-refractivity contribution is 8.00. The highest BCUT2D eigenvalue weighted by Gasteiger charge is 2.27. The van der Waals surface area contributed by atoms with Gasteiger partial charge in [-0.25, -0.2) is 0 Å². The molecule has 158 valence electrons. The highest BCUT2D eigenvalue weighted by atomic mass is 35.5. The molecule has 1 aliphatic rings. The summed E-state index contributed by atoms with van der Waals surface area (Å²) in [6, 6.07) is 26.4. The lowest BCUT2D eigenvalue weighted by Crippen LogP contribution is -2.36. The van der Waals surface area contributed by atoms with Gasteiger partial charge in [0.2, 0.25) is 0 Å². The average molecular weight is 467 g/mol. The number of fused-ring (bicyclic) bond motifs is 6. The van der Waals surface area contributed by atoms with Gasteiger partial charge in [-0.3, -0.25) is 4.90 Å². The molecule has 4 aromatic carbocycles. The van der Waals surface area contributed by atoms with E-state index in [4.69, 9.17) is 23.2 Å². The van der Waals surface area contributed by atoms with Crippen LogP contribution in [0.2, 0.25) is 0 Å². The van der Waals surface area contributed by atoms with E-state index in [1.807, 2.05) is 11.8 Å². The lowest BCUT2D eigenvalue weighted by atomic mass is 10.0. The summed E-state index contributed by atoms with van der Waals surface area (Å²) in [6.07, 6.45) is 0. The monoisotopic (exact) mass is 466 g/mol. The second-order valence-corrected chi connectivity index (χ2v) is 9.55. The third kappa shape index (κ3) is 4.01. The third-order valence-corrected chi connectivity index (χ3v) is 7.46. The highest BCUT2D eigenvalue weighted by Crippen LogP contribution is 2.52. The van der Waals surface area contributed by atoms with Crippen LogP contribution in [0.4, 0.5) is 11.4 Å². The lowest BCUT2D eigenvalue weighted by Gasteiger charge is -2.36. The first-order chi connectivity index (χ1) is 15.3. The molecule has 0 saturated heterocycles. The van der Waals surface area contributed by atoms with E-state index in [-0.39, 0.29) is 0 Å². The molecule has 31 heavy (non-hydrogen) atoms. The molecule has 0 bridgehead atoms. The molecule has 4 aromatic rings. The number of rotatable bonds is 7. The number of hydrogen-bond donors (Lipinski definition) is 0. The molecule has 5 rings (SSSR count). The van der Waals surface area contributed by atoms with Crippen LogP contribution in [0.1, 0.15) is 0 Å². The van der Waals surface area contributed by atoms with Gasteiger partial charge in [0.15, 0.2) is 0 Å². The first-order valence-corrected chi connectivity index (χ1v) is 12.5. The van der Waals surface area contributed by atoms with Crippen molar-refractivity contribution in [3.05, 3.63) is 72.8 Å². The Labute approximate surface area is 197 Å². The molecule has 0 amide bonds. The van der Waals surface area contributed by atoms with Crippen LogP contribution in [0.15, 0.2) is 82.6 Å². The van der Waals surface area contributed by atoms with Crippen LogP contribution >= 0.6 is 35.0 Å². The quantitative estimate of drug-likeness (QED) is 0.262. The van der Waals surface area contributed by atoms with Crippen molar-refractivity contribution >= 4 is 67.9 Å². The van der Waals surface area contributed by atoms with Gasteiger partial charge < -0.3 is 4.90 Å². The van der Waals surface area contributed by atoms with Crippen LogP contribution < -0.4 is 4.90 Å². The van der Waals surface area contributed by atoms with Crippen LogP contribution in [-0.2, 0) is 0 Å². The first kappa shape index (κ1) is 21.0. The fourth-order valence-electron chi connectivity index (χ4n) is 4.43. The third-order valence-electron chi connectivity index (χ3n) is 5.94. The fraction of sp³-hybridized carbons (Fsp3) is 0.231. The van der Waals surface area contributed by atoms with E-state index in [9.17, 15) is 0 Å². The van der Waals surface area contributed by atoms with E-state index in [1.54, 1.807) is 0 Å². The Morgan fingerprint density at radius 2 is 1.35 bits per heavy atom. The topological polar surface area (TPSA) is 6.48 Å². The average Bonchev–Trinajstić information content (AvgIpc) is 2.81. The van der Waals surface area contributed by atoms with Gasteiger partial charge in [-0.1, -0.05) is 72.4 Å². The number of nitrogens with zero attached hydrogens (tertiary/aromatic N) is 2. The molecule has 1 heterocycles. The summed E-state index contributed by atoms with van der Waals surface area (Å²) >= 11 is 14.0. The van der Waals surface area contributed by atoms with Crippen LogP contribution in [0.25, 0.3) is 21.5 Å². The number of benzene rings is 4. The van der Waals surface area contributed by atoms with Gasteiger partial charge in [0, 0.05) is 53.1 Å². The van der Waals surface area contributed by atoms with E-state index in [2.05, 4.69) is 82.6 Å². The Hall–Kier alpha value is -1.91. The minimum atomic E-state index is 0.619. The number of hydrogen-bond acceptors (Lipinski definition) is 3. The van der Waals surface area contributed by atoms with Crippen molar-refractivity contribution < 1.29 is 0 Å². The molecule has 0 aliphatic carbocycles. The van der Waals surface area contributed by atoms with Crippen molar-refractivity contribution in [1.29, 1.82) is 0 Å². The second-order valence-electron chi connectivity index (χ2n) is 7.74. The number of alkyl halides is 2. The summed E-state index contributed by atoms with van der Waals surface area (Å²) in [7, 11) is 0. The van der Waals surface area contributed by atoms with E-state index < -0.39 is 0 Å². The van der Waals surface area contributed by atoms with Gasteiger partial charge in [-0.2, -0.15) is 0 Å². The van der Waals surface area contributed by atoms with Crippen LogP contribution in [0, 0.1) is 0 Å². The Morgan fingerprint density at radius 1 is 0.710 bits per heavy atom. The molecular weight excluding hydrogens is 443 g/mol.